The van der Waals surface area contributed by atoms with Crippen LogP contribution in [0.15, 0.2) is 18.2 Å². The van der Waals surface area contributed by atoms with Crippen molar-refractivity contribution >= 4 is 29.2 Å². The smallest absolute Gasteiger partial charge is 0.310 e. The lowest BCUT2D eigenvalue weighted by Gasteiger charge is -2.16. The van der Waals surface area contributed by atoms with Crippen LogP contribution in [0.2, 0.25) is 10.0 Å². The zero-order chi connectivity index (χ0) is 14.0. The Balaban J connectivity index is 2.05. The van der Waals surface area contributed by atoms with E-state index in [-0.39, 0.29) is 11.9 Å². The van der Waals surface area contributed by atoms with E-state index in [4.69, 9.17) is 27.9 Å². The predicted molar refractivity (Wildman–Crippen MR) is 76.4 cm³/mol. The molecule has 2 unspecified atom stereocenters. The highest BCUT2D eigenvalue weighted by atomic mass is 35.5. The molecule has 1 aromatic rings. The molecule has 2 rings (SSSR count). The molecule has 0 saturated carbocycles. The van der Waals surface area contributed by atoms with Crippen molar-refractivity contribution in [3.8, 4) is 0 Å². The van der Waals surface area contributed by atoms with E-state index in [1.165, 1.54) is 7.11 Å². The number of methoxy groups -OCH3 is 1. The van der Waals surface area contributed by atoms with Crippen molar-refractivity contribution in [2.45, 2.75) is 13.5 Å². The maximum Gasteiger partial charge on any atom is 0.310 e. The van der Waals surface area contributed by atoms with Crippen LogP contribution in [0.25, 0.3) is 0 Å². The third-order valence-corrected chi connectivity index (χ3v) is 4.20. The van der Waals surface area contributed by atoms with Crippen molar-refractivity contribution in [2.24, 2.45) is 11.8 Å². The number of hydrogen-bond acceptors (Lipinski definition) is 3. The molecule has 1 saturated heterocycles. The summed E-state index contributed by atoms with van der Waals surface area (Å²) in [6.45, 7) is 4.34. The molecule has 0 aromatic heterocycles. The highest BCUT2D eigenvalue weighted by Crippen LogP contribution is 2.28. The molecule has 2 atom stereocenters. The molecule has 0 amide bonds. The monoisotopic (exact) mass is 301 g/mol. The number of halogens is 2. The van der Waals surface area contributed by atoms with E-state index in [0.717, 1.165) is 12.1 Å². The average molecular weight is 302 g/mol. The first-order valence-corrected chi connectivity index (χ1v) is 7.01. The zero-order valence-electron chi connectivity index (χ0n) is 11.0. The van der Waals surface area contributed by atoms with Gasteiger partial charge in [0.15, 0.2) is 0 Å². The first-order valence-electron chi connectivity index (χ1n) is 6.25. The van der Waals surface area contributed by atoms with Crippen LogP contribution in [0, 0.1) is 11.8 Å². The van der Waals surface area contributed by atoms with Crippen LogP contribution < -0.4 is 0 Å². The Morgan fingerprint density at radius 1 is 1.42 bits per heavy atom. The first kappa shape index (κ1) is 14.6. The molecule has 0 N–H and O–H groups in total. The van der Waals surface area contributed by atoms with E-state index in [9.17, 15) is 4.79 Å². The zero-order valence-corrected chi connectivity index (χ0v) is 12.5. The number of likely N-dealkylation sites (tertiary alicyclic amines) is 1. The van der Waals surface area contributed by atoms with Gasteiger partial charge in [-0.2, -0.15) is 0 Å². The van der Waals surface area contributed by atoms with Crippen LogP contribution >= 0.6 is 23.2 Å². The van der Waals surface area contributed by atoms with Gasteiger partial charge in [-0.3, -0.25) is 9.69 Å². The van der Waals surface area contributed by atoms with Gasteiger partial charge in [0.05, 0.1) is 13.0 Å². The summed E-state index contributed by atoms with van der Waals surface area (Å²) in [5, 5.41) is 1.38. The maximum absolute atomic E-state index is 11.6. The molecule has 1 aliphatic heterocycles. The van der Waals surface area contributed by atoms with Gasteiger partial charge in [-0.05, 0) is 29.7 Å². The van der Waals surface area contributed by atoms with E-state index in [2.05, 4.69) is 11.8 Å². The number of rotatable bonds is 3. The van der Waals surface area contributed by atoms with Crippen molar-refractivity contribution in [1.82, 2.24) is 4.90 Å². The third-order valence-electron chi connectivity index (χ3n) is 3.59. The minimum absolute atomic E-state index is 0.0528. The number of benzene rings is 1. The molecule has 0 bridgehead atoms. The van der Waals surface area contributed by atoms with E-state index in [0.29, 0.717) is 29.1 Å². The predicted octanol–water partition coefficient (Wildman–Crippen LogP) is 3.23. The maximum atomic E-state index is 11.6. The normalized spacial score (nSPS) is 23.6. The average Bonchev–Trinajstić information content (AvgIpc) is 2.74. The minimum atomic E-state index is -0.132. The lowest BCUT2D eigenvalue weighted by molar-refractivity contribution is -0.146. The SMILES string of the molecule is COC(=O)C1CN(Cc2cc(Cl)ccc2Cl)CC1C. The van der Waals surface area contributed by atoms with Crippen molar-refractivity contribution in [3.05, 3.63) is 33.8 Å². The Labute approximate surface area is 123 Å². The number of carbonyl (C=O) groups is 1. The number of nitrogens with zero attached hydrogens (tertiary/aromatic N) is 1. The molecule has 104 valence electrons. The lowest BCUT2D eigenvalue weighted by Crippen LogP contribution is -2.24. The quantitative estimate of drug-likeness (QED) is 0.803. The van der Waals surface area contributed by atoms with Gasteiger partial charge in [-0.1, -0.05) is 30.1 Å². The van der Waals surface area contributed by atoms with Crippen LogP contribution in [0.3, 0.4) is 0 Å². The Bertz CT molecular complexity index is 479. The summed E-state index contributed by atoms with van der Waals surface area (Å²) in [5.74, 6) is 0.112. The molecule has 5 heteroatoms. The fourth-order valence-corrected chi connectivity index (χ4v) is 2.93. The van der Waals surface area contributed by atoms with E-state index >= 15 is 0 Å². The first-order chi connectivity index (χ1) is 9.01. The standard InChI is InChI=1S/C14H17Cl2NO2/c1-9-6-17(8-12(9)14(18)19-2)7-10-5-11(15)3-4-13(10)16/h3-5,9,12H,6-8H2,1-2H3. The highest BCUT2D eigenvalue weighted by Gasteiger charge is 2.35. The topological polar surface area (TPSA) is 29.5 Å². The summed E-state index contributed by atoms with van der Waals surface area (Å²) in [4.78, 5) is 13.9. The van der Waals surface area contributed by atoms with Crippen molar-refractivity contribution < 1.29 is 9.53 Å². The Morgan fingerprint density at radius 2 is 2.16 bits per heavy atom. The van der Waals surface area contributed by atoms with Crippen LogP contribution in [0.4, 0.5) is 0 Å². The summed E-state index contributed by atoms with van der Waals surface area (Å²) in [7, 11) is 1.44. The van der Waals surface area contributed by atoms with Gasteiger partial charge in [0.1, 0.15) is 0 Å². The number of carbonyl (C=O) groups excluding carboxylic acids is 1. The Hall–Kier alpha value is -0.770. The molecular formula is C14H17Cl2NO2. The molecule has 3 nitrogen and oxygen atoms in total. The number of hydrogen-bond donors (Lipinski definition) is 0. The fourth-order valence-electron chi connectivity index (χ4n) is 2.56. The van der Waals surface area contributed by atoms with Crippen LogP contribution in [-0.2, 0) is 16.1 Å². The van der Waals surface area contributed by atoms with Gasteiger partial charge in [0.25, 0.3) is 0 Å². The molecule has 1 heterocycles. The summed E-state index contributed by atoms with van der Waals surface area (Å²) < 4.78 is 4.83. The second kappa shape index (κ2) is 6.12. The third kappa shape index (κ3) is 3.41. The van der Waals surface area contributed by atoms with Gasteiger partial charge in [0, 0.05) is 29.7 Å². The van der Waals surface area contributed by atoms with Gasteiger partial charge >= 0.3 is 5.97 Å². The molecular weight excluding hydrogens is 285 g/mol. The largest absolute Gasteiger partial charge is 0.469 e. The fraction of sp³-hybridized carbons (Fsp3) is 0.500. The Kier molecular flexibility index (Phi) is 4.71. The molecule has 0 radical (unpaired) electrons. The summed E-state index contributed by atoms with van der Waals surface area (Å²) in [5.41, 5.74) is 0.992. The van der Waals surface area contributed by atoms with Crippen molar-refractivity contribution in [1.29, 1.82) is 0 Å². The lowest BCUT2D eigenvalue weighted by atomic mass is 9.99. The van der Waals surface area contributed by atoms with Crippen LogP contribution in [-0.4, -0.2) is 31.1 Å². The minimum Gasteiger partial charge on any atom is -0.469 e. The van der Waals surface area contributed by atoms with Crippen molar-refractivity contribution in [3.63, 3.8) is 0 Å². The number of esters is 1. The highest BCUT2D eigenvalue weighted by molar-refractivity contribution is 6.33. The van der Waals surface area contributed by atoms with Crippen LogP contribution in [0.1, 0.15) is 12.5 Å². The van der Waals surface area contributed by atoms with Gasteiger partial charge in [0.2, 0.25) is 0 Å². The van der Waals surface area contributed by atoms with Crippen LogP contribution in [0.5, 0.6) is 0 Å². The second-order valence-electron chi connectivity index (χ2n) is 5.04. The van der Waals surface area contributed by atoms with Gasteiger partial charge in [-0.25, -0.2) is 0 Å². The molecule has 0 spiro atoms. The van der Waals surface area contributed by atoms with E-state index in [1.54, 1.807) is 12.1 Å². The molecule has 0 aliphatic carbocycles. The molecule has 1 aliphatic rings. The molecule has 1 fully saturated rings. The second-order valence-corrected chi connectivity index (χ2v) is 5.88. The molecule has 19 heavy (non-hydrogen) atoms. The van der Waals surface area contributed by atoms with E-state index < -0.39 is 0 Å². The Morgan fingerprint density at radius 3 is 2.84 bits per heavy atom. The van der Waals surface area contributed by atoms with Crippen molar-refractivity contribution in [2.75, 3.05) is 20.2 Å². The number of ether oxygens (including phenoxy) is 1. The summed E-state index contributed by atoms with van der Waals surface area (Å²) >= 11 is 12.1. The van der Waals surface area contributed by atoms with Gasteiger partial charge < -0.3 is 4.74 Å². The van der Waals surface area contributed by atoms with E-state index in [1.807, 2.05) is 6.07 Å². The van der Waals surface area contributed by atoms with Gasteiger partial charge in [-0.15, -0.1) is 0 Å². The summed E-state index contributed by atoms with van der Waals surface area (Å²) in [6.07, 6.45) is 0. The summed E-state index contributed by atoms with van der Waals surface area (Å²) in [6, 6.07) is 5.45. The molecule has 1 aromatic carbocycles.